The third-order valence-electron chi connectivity index (χ3n) is 9.59. The van der Waals surface area contributed by atoms with Crippen molar-refractivity contribution in [3.8, 4) is 0 Å². The van der Waals surface area contributed by atoms with Crippen molar-refractivity contribution in [2.24, 2.45) is 0 Å². The van der Waals surface area contributed by atoms with Crippen LogP contribution in [0.1, 0.15) is 18.7 Å². The number of aliphatic hydroxyl groups excluding tert-OH is 4. The predicted octanol–water partition coefficient (Wildman–Crippen LogP) is -5.10. The van der Waals surface area contributed by atoms with Gasteiger partial charge in [0.25, 0.3) is 11.1 Å². The molecule has 0 saturated carbocycles. The van der Waals surface area contributed by atoms with E-state index in [0.717, 1.165) is 40.0 Å². The van der Waals surface area contributed by atoms with Gasteiger partial charge >= 0.3 is 35.3 Å². The minimum Gasteiger partial charge on any atom is -0.387 e. The highest BCUT2D eigenvalue weighted by Gasteiger charge is 2.53. The van der Waals surface area contributed by atoms with Gasteiger partial charge in [0, 0.05) is 23.0 Å². The van der Waals surface area contributed by atoms with Gasteiger partial charge in [-0.05, 0) is 6.07 Å². The number of phosphoric acid groups is 2. The second-order valence-corrected chi connectivity index (χ2v) is 17.2. The summed E-state index contributed by atoms with van der Waals surface area (Å²) in [5.74, 6) is -0.606. The van der Waals surface area contributed by atoms with E-state index in [9.17, 15) is 68.0 Å². The highest BCUT2D eigenvalue weighted by Crippen LogP contribution is 2.52. The van der Waals surface area contributed by atoms with E-state index in [0.29, 0.717) is 4.57 Å². The first-order valence-electron chi connectivity index (χ1n) is 17.8. The first-order chi connectivity index (χ1) is 29.6. The van der Waals surface area contributed by atoms with E-state index in [4.69, 9.17) is 43.8 Å². The average molecular weight is 958 g/mol. The maximum absolute atomic E-state index is 13.5. The maximum atomic E-state index is 13.5. The molecule has 0 aromatic carbocycles. The van der Waals surface area contributed by atoms with Gasteiger partial charge in [-0.2, -0.15) is 9.97 Å². The van der Waals surface area contributed by atoms with Crippen molar-refractivity contribution in [1.82, 2.24) is 38.6 Å². The minimum absolute atomic E-state index is 0.216. The first-order valence-corrected chi connectivity index (χ1v) is 21.9. The molecule has 13 N–H and O–H groups in total. The van der Waals surface area contributed by atoms with Gasteiger partial charge in [0.05, 0.1) is 19.5 Å². The van der Waals surface area contributed by atoms with Gasteiger partial charge in [-0.15, -0.1) is 9.42 Å². The first kappa shape index (κ1) is 46.5. The molecule has 0 aliphatic carbocycles. The monoisotopic (exact) mass is 957 g/mol. The topological polar surface area (TPSA) is 472 Å². The van der Waals surface area contributed by atoms with Crippen LogP contribution in [0.4, 0.5) is 11.8 Å². The molecule has 4 aromatic rings. The normalized spacial score (nSPS) is 31.9. The Balaban J connectivity index is 1.08. The smallest absolute Gasteiger partial charge is 0.387 e. The molecule has 3 aliphatic rings. The van der Waals surface area contributed by atoms with E-state index in [1.807, 2.05) is 4.98 Å². The zero-order valence-corrected chi connectivity index (χ0v) is 34.1. The molecule has 3 fully saturated rings. The fourth-order valence-electron chi connectivity index (χ4n) is 6.74. The number of hydrogen-bond donors (Lipinski definition) is 11. The number of hydrogen-bond acceptors (Lipinski definition) is 24. The van der Waals surface area contributed by atoms with Crippen molar-refractivity contribution >= 4 is 46.8 Å². The van der Waals surface area contributed by atoms with E-state index in [-0.39, 0.29) is 22.9 Å². The molecule has 7 rings (SSSR count). The number of aromatic nitrogens is 8. The van der Waals surface area contributed by atoms with Crippen LogP contribution in [0.2, 0.25) is 0 Å². The van der Waals surface area contributed by atoms with Crippen LogP contribution in [0.15, 0.2) is 50.0 Å². The quantitative estimate of drug-likeness (QED) is 0.0468. The Kier molecular flexibility index (Phi) is 13.4. The summed E-state index contributed by atoms with van der Waals surface area (Å²) in [7, 11) is -14.2. The van der Waals surface area contributed by atoms with Crippen LogP contribution in [0.3, 0.4) is 0 Å². The van der Waals surface area contributed by atoms with Crippen LogP contribution in [0.5, 0.6) is 0 Å². The molecule has 35 heteroatoms. The molecule has 7 heterocycles. The second kappa shape index (κ2) is 18.2. The number of nitrogens with one attached hydrogen (secondary N) is 2. The lowest BCUT2D eigenvalue weighted by molar-refractivity contribution is -0.0638. The Bertz CT molecular complexity index is 2690. The summed E-state index contributed by atoms with van der Waals surface area (Å²) in [6.45, 7) is -3.04. The van der Waals surface area contributed by atoms with Crippen molar-refractivity contribution in [3.05, 3.63) is 72.5 Å². The molecular formula is C28H36N10O22P3+. The number of H-pyrrole nitrogens is 2. The van der Waals surface area contributed by atoms with Gasteiger partial charge in [0.15, 0.2) is 29.8 Å². The summed E-state index contributed by atoms with van der Waals surface area (Å²) in [5.41, 5.74) is 7.04. The third-order valence-corrected chi connectivity index (χ3v) is 11.9. The average Bonchev–Trinajstić information content (AvgIpc) is 3.92. The maximum Gasteiger partial charge on any atom is 0.694 e. The van der Waals surface area contributed by atoms with Gasteiger partial charge in [0.1, 0.15) is 67.4 Å². The number of rotatable bonds is 16. The molecule has 3 aliphatic heterocycles. The summed E-state index contributed by atoms with van der Waals surface area (Å²) in [6, 6.07) is 2.04. The van der Waals surface area contributed by atoms with Crippen molar-refractivity contribution in [1.29, 1.82) is 0 Å². The molecule has 0 bridgehead atoms. The Labute approximate surface area is 348 Å². The van der Waals surface area contributed by atoms with E-state index in [1.165, 1.54) is 0 Å². The number of aromatic amines is 2. The lowest BCUT2D eigenvalue weighted by Crippen LogP contribution is -2.38. The lowest BCUT2D eigenvalue weighted by atomic mass is 10.1. The fraction of sp³-hybridized carbons (Fsp3) is 0.536. The minimum atomic E-state index is -5.50. The Hall–Kier alpha value is -4.53. The zero-order chi connectivity index (χ0) is 45.7. The molecule has 3 saturated heterocycles. The standard InChI is InChI=1S/C28H35N10O22P3/c29-12-1-3-36(27(45)32-12)24-17(42)20(60-62(49,50)54-6-9-15(40)16(41)23(56-9)37-4-2-13(39)33-28(37)46)11(58-24)7-55-63(51,52)59-19-10(5-53-61(47)48)57-25(18(19)43)38-8-31-14-21(38)34-26(30)35-22(14)44/h1-4,8-11,15-20,23-25,40-43H,5-7H2,(H8-,29,30,32,33,34,35,39,44,45,46,47,48,49,50,51,52)/p+1/t9-,10-,11-,15-,16-,17-,18-,19-,20-,23-,24-,25-/m1/s1. The molecule has 15 atom stereocenters. The number of nitrogens with two attached hydrogens (primary N) is 2. The van der Waals surface area contributed by atoms with Gasteiger partial charge in [-0.25, -0.2) is 23.7 Å². The number of phosphoric ester groups is 2. The predicted molar refractivity (Wildman–Crippen MR) is 200 cm³/mol. The molecule has 344 valence electrons. The van der Waals surface area contributed by atoms with E-state index < -0.39 is 140 Å². The van der Waals surface area contributed by atoms with E-state index in [1.54, 1.807) is 0 Å². The number of ether oxygens (including phenoxy) is 3. The number of nitrogens with zero attached hydrogens (tertiary/aromatic N) is 6. The molecule has 63 heavy (non-hydrogen) atoms. The van der Waals surface area contributed by atoms with Crippen LogP contribution in [0.25, 0.3) is 11.2 Å². The van der Waals surface area contributed by atoms with Crippen LogP contribution < -0.4 is 34.0 Å². The molecule has 0 radical (unpaired) electrons. The van der Waals surface area contributed by atoms with Crippen molar-refractivity contribution in [2.45, 2.75) is 73.6 Å². The second-order valence-electron chi connectivity index (χ2n) is 13.7. The number of aliphatic hydroxyl groups is 4. The van der Waals surface area contributed by atoms with Gasteiger partial charge in [-0.3, -0.25) is 51.4 Å². The molecule has 0 spiro atoms. The molecule has 4 aromatic heterocycles. The molecular weight excluding hydrogens is 921 g/mol. The lowest BCUT2D eigenvalue weighted by Gasteiger charge is -2.25. The summed E-state index contributed by atoms with van der Waals surface area (Å²) in [5, 5.41) is 43.6. The summed E-state index contributed by atoms with van der Waals surface area (Å²) in [6.07, 6.45) is -19.0. The Morgan fingerprint density at radius 2 is 1.30 bits per heavy atom. The van der Waals surface area contributed by atoms with Gasteiger partial charge in [-0.1, -0.05) is 0 Å². The third kappa shape index (κ3) is 9.93. The molecule has 3 unspecified atom stereocenters. The Morgan fingerprint density at radius 1 is 0.746 bits per heavy atom. The van der Waals surface area contributed by atoms with Crippen molar-refractivity contribution < 1.29 is 85.6 Å². The molecule has 0 amide bonds. The van der Waals surface area contributed by atoms with Crippen molar-refractivity contribution in [2.75, 3.05) is 31.3 Å². The van der Waals surface area contributed by atoms with Crippen molar-refractivity contribution in [3.63, 3.8) is 0 Å². The van der Waals surface area contributed by atoms with E-state index >= 15 is 0 Å². The fourth-order valence-corrected chi connectivity index (χ4v) is 8.94. The Morgan fingerprint density at radius 3 is 1.90 bits per heavy atom. The van der Waals surface area contributed by atoms with Crippen LogP contribution >= 0.6 is 23.9 Å². The highest BCUT2D eigenvalue weighted by molar-refractivity contribution is 7.47. The summed E-state index contributed by atoms with van der Waals surface area (Å²) in [4.78, 5) is 95.1. The number of anilines is 2. The summed E-state index contributed by atoms with van der Waals surface area (Å²) < 4.78 is 82.6. The van der Waals surface area contributed by atoms with E-state index in [2.05, 4.69) is 24.5 Å². The highest BCUT2D eigenvalue weighted by atomic mass is 31.2. The summed E-state index contributed by atoms with van der Waals surface area (Å²) >= 11 is 0. The number of nitrogen functional groups attached to an aromatic ring is 2. The number of fused-ring (bicyclic) bond motifs is 1. The van der Waals surface area contributed by atoms with Crippen LogP contribution in [-0.4, -0.2) is 148 Å². The van der Waals surface area contributed by atoms with Crippen LogP contribution in [-0.2, 0) is 50.5 Å². The SMILES string of the molecule is Nc1ccn([C@@H]2O[C@H](COP(=O)(O)O[C@H]3[C@@H](O)[C@H](n4cnc5c(=O)[nH]c(N)nc54)O[C@@H]3CO[P+](=O)O)[C@@H](OP(=O)(O)OC[C@H]3O[C@@H](n4ccc(=O)[nH]c4=O)[C@H](O)[C@@H]3O)[C@H]2O)c(=O)n1. The number of imidazole rings is 1. The van der Waals surface area contributed by atoms with Gasteiger partial charge < -0.3 is 55.9 Å². The van der Waals surface area contributed by atoms with Crippen LogP contribution in [0, 0.1) is 0 Å². The molecule has 32 nitrogen and oxygen atoms in total. The van der Waals surface area contributed by atoms with Gasteiger partial charge in [0.2, 0.25) is 5.95 Å². The zero-order valence-electron chi connectivity index (χ0n) is 31.4. The largest absolute Gasteiger partial charge is 0.694 e.